The zero-order chi connectivity index (χ0) is 14.5. The molecule has 2 heterocycles. The molecule has 20 heavy (non-hydrogen) atoms. The van der Waals surface area contributed by atoms with Crippen molar-refractivity contribution < 1.29 is 18.0 Å². The highest BCUT2D eigenvalue weighted by Gasteiger charge is 2.34. The van der Waals surface area contributed by atoms with E-state index in [1.54, 1.807) is 12.1 Å². The maximum atomic E-state index is 11.9. The van der Waals surface area contributed by atoms with Crippen molar-refractivity contribution in [2.75, 3.05) is 11.4 Å². The number of hydrogen-bond donors (Lipinski definition) is 1. The van der Waals surface area contributed by atoms with Crippen LogP contribution in [0.2, 0.25) is 0 Å². The lowest BCUT2D eigenvalue weighted by atomic mass is 10.1. The second kappa shape index (κ2) is 4.17. The first-order valence-corrected chi connectivity index (χ1v) is 7.60. The van der Waals surface area contributed by atoms with E-state index in [9.17, 15) is 18.0 Å². The molecule has 1 aromatic rings. The van der Waals surface area contributed by atoms with Gasteiger partial charge in [0.2, 0.25) is 21.7 Å². The first-order valence-electron chi connectivity index (χ1n) is 6.05. The first-order chi connectivity index (χ1) is 9.38. The number of nitrogens with two attached hydrogens (primary N) is 1. The Morgan fingerprint density at radius 3 is 2.75 bits per heavy atom. The fraction of sp³-hybridized carbons (Fsp3) is 0.231. The second-order valence-corrected chi connectivity index (χ2v) is 6.68. The number of carbonyl (C=O) groups excluding carboxylic acids is 2. The molecule has 1 unspecified atom stereocenters. The Bertz CT molecular complexity index is 752. The van der Waals surface area contributed by atoms with Gasteiger partial charge in [0, 0.05) is 24.1 Å². The summed E-state index contributed by atoms with van der Waals surface area (Å²) in [6.07, 6.45) is 1.59. The van der Waals surface area contributed by atoms with E-state index < -0.39 is 21.7 Å². The molecule has 0 saturated carbocycles. The van der Waals surface area contributed by atoms with Gasteiger partial charge in [0.15, 0.2) is 0 Å². The third-order valence-electron chi connectivity index (χ3n) is 3.57. The number of rotatable bonds is 2. The summed E-state index contributed by atoms with van der Waals surface area (Å²) in [5.41, 5.74) is 6.29. The molecule has 0 radical (unpaired) electrons. The van der Waals surface area contributed by atoms with Crippen molar-refractivity contribution in [1.29, 1.82) is 0 Å². The third-order valence-corrected chi connectivity index (χ3v) is 5.03. The molecular formula is C13H12N2O4S. The fourth-order valence-electron chi connectivity index (χ4n) is 2.46. The van der Waals surface area contributed by atoms with Gasteiger partial charge in [-0.2, -0.15) is 0 Å². The van der Waals surface area contributed by atoms with Gasteiger partial charge in [-0.3, -0.25) is 9.59 Å². The zero-order valence-electron chi connectivity index (χ0n) is 10.4. The number of primary amides is 1. The van der Waals surface area contributed by atoms with Crippen molar-refractivity contribution >= 4 is 33.4 Å². The highest BCUT2D eigenvalue weighted by atomic mass is 32.2. The van der Waals surface area contributed by atoms with Gasteiger partial charge >= 0.3 is 0 Å². The van der Waals surface area contributed by atoms with Gasteiger partial charge in [0.05, 0.1) is 10.8 Å². The number of fused-ring (bicyclic) bond motifs is 1. The minimum atomic E-state index is -3.42. The fourth-order valence-corrected chi connectivity index (χ4v) is 3.68. The van der Waals surface area contributed by atoms with Crippen molar-refractivity contribution in [1.82, 2.24) is 0 Å². The molecule has 1 atom stereocenters. The van der Waals surface area contributed by atoms with E-state index in [1.165, 1.54) is 17.0 Å². The lowest BCUT2D eigenvalue weighted by Gasteiger charge is -2.17. The highest BCUT2D eigenvalue weighted by Crippen LogP contribution is 2.33. The predicted octanol–water partition coefficient (Wildman–Crippen LogP) is 0.283. The molecular weight excluding hydrogens is 280 g/mol. The molecule has 104 valence electrons. The molecule has 2 aliphatic rings. The van der Waals surface area contributed by atoms with E-state index in [2.05, 4.69) is 0 Å². The van der Waals surface area contributed by atoms with Gasteiger partial charge < -0.3 is 10.6 Å². The summed E-state index contributed by atoms with van der Waals surface area (Å²) >= 11 is 0. The molecule has 1 aromatic carbocycles. The van der Waals surface area contributed by atoms with Crippen LogP contribution in [0.15, 0.2) is 28.5 Å². The predicted molar refractivity (Wildman–Crippen MR) is 72.3 cm³/mol. The van der Waals surface area contributed by atoms with Crippen molar-refractivity contribution in [2.45, 2.75) is 11.3 Å². The van der Waals surface area contributed by atoms with Crippen molar-refractivity contribution in [3.63, 3.8) is 0 Å². The summed E-state index contributed by atoms with van der Waals surface area (Å²) in [6, 6.07) is 4.79. The summed E-state index contributed by atoms with van der Waals surface area (Å²) in [5.74, 6) is -1.26. The third kappa shape index (κ3) is 1.90. The monoisotopic (exact) mass is 292 g/mol. The standard InChI is InChI=1S/C13H12N2O4S/c14-13(17)9-5-12(16)15(7-9)10-2-1-8-3-4-20(18,19)11(8)6-10/h1-4,6,9H,5,7H2,(H2,14,17). The number of amides is 2. The van der Waals surface area contributed by atoms with Gasteiger partial charge in [-0.15, -0.1) is 0 Å². The largest absolute Gasteiger partial charge is 0.369 e. The van der Waals surface area contributed by atoms with Crippen molar-refractivity contribution in [3.8, 4) is 0 Å². The number of hydrogen-bond acceptors (Lipinski definition) is 4. The Kier molecular flexibility index (Phi) is 2.68. The summed E-state index contributed by atoms with van der Waals surface area (Å²) < 4.78 is 23.6. The normalized spacial score (nSPS) is 23.1. The number of sulfone groups is 1. The van der Waals surface area contributed by atoms with Crippen LogP contribution in [0.5, 0.6) is 0 Å². The highest BCUT2D eigenvalue weighted by molar-refractivity contribution is 7.94. The molecule has 2 aliphatic heterocycles. The molecule has 1 saturated heterocycles. The number of nitrogens with zero attached hydrogens (tertiary/aromatic N) is 1. The molecule has 0 aliphatic carbocycles. The van der Waals surface area contributed by atoms with Crippen LogP contribution in [0.25, 0.3) is 6.08 Å². The zero-order valence-corrected chi connectivity index (χ0v) is 11.3. The van der Waals surface area contributed by atoms with E-state index in [1.807, 2.05) is 0 Å². The van der Waals surface area contributed by atoms with Crippen LogP contribution >= 0.6 is 0 Å². The Hall–Kier alpha value is -2.15. The van der Waals surface area contributed by atoms with Crippen LogP contribution in [0.4, 0.5) is 5.69 Å². The molecule has 2 amide bonds. The minimum absolute atomic E-state index is 0.0669. The van der Waals surface area contributed by atoms with Crippen LogP contribution in [0, 0.1) is 5.92 Å². The van der Waals surface area contributed by atoms with Gasteiger partial charge in [-0.25, -0.2) is 8.42 Å². The van der Waals surface area contributed by atoms with Crippen LogP contribution in [-0.2, 0) is 19.4 Å². The van der Waals surface area contributed by atoms with Gasteiger partial charge in [-0.05, 0) is 23.8 Å². The molecule has 6 nitrogen and oxygen atoms in total. The lowest BCUT2D eigenvalue weighted by Crippen LogP contribution is -2.28. The Morgan fingerprint density at radius 1 is 1.35 bits per heavy atom. The average molecular weight is 292 g/mol. The molecule has 0 aromatic heterocycles. The smallest absolute Gasteiger partial charge is 0.227 e. The lowest BCUT2D eigenvalue weighted by molar-refractivity contribution is -0.123. The Labute approximate surface area is 115 Å². The summed E-state index contributed by atoms with van der Waals surface area (Å²) in [7, 11) is -3.42. The van der Waals surface area contributed by atoms with Crippen molar-refractivity contribution in [3.05, 3.63) is 29.2 Å². The molecule has 0 spiro atoms. The maximum absolute atomic E-state index is 11.9. The van der Waals surface area contributed by atoms with E-state index in [0.717, 1.165) is 5.41 Å². The Morgan fingerprint density at radius 2 is 2.10 bits per heavy atom. The van der Waals surface area contributed by atoms with Crippen LogP contribution < -0.4 is 10.6 Å². The number of carbonyl (C=O) groups is 2. The Balaban J connectivity index is 1.98. The second-order valence-electron chi connectivity index (χ2n) is 4.88. The quantitative estimate of drug-likeness (QED) is 0.846. The van der Waals surface area contributed by atoms with Gasteiger partial charge in [0.1, 0.15) is 0 Å². The molecule has 0 bridgehead atoms. The summed E-state index contributed by atoms with van der Waals surface area (Å²) in [4.78, 5) is 24.6. The summed E-state index contributed by atoms with van der Waals surface area (Å²) in [6.45, 7) is 0.195. The molecule has 1 fully saturated rings. The SMILES string of the molecule is NC(=O)C1CC(=O)N(c2ccc3c(c2)S(=O)(=O)C=C3)C1. The van der Waals surface area contributed by atoms with Crippen LogP contribution in [0.3, 0.4) is 0 Å². The van der Waals surface area contributed by atoms with Gasteiger partial charge in [0.25, 0.3) is 0 Å². The van der Waals surface area contributed by atoms with E-state index >= 15 is 0 Å². The van der Waals surface area contributed by atoms with E-state index in [4.69, 9.17) is 5.73 Å². The van der Waals surface area contributed by atoms with Crippen LogP contribution in [0.1, 0.15) is 12.0 Å². The molecule has 3 rings (SSSR count). The first kappa shape index (κ1) is 12.9. The number of anilines is 1. The summed E-state index contributed by atoms with van der Waals surface area (Å²) in [5, 5.41) is 1.14. The number of benzene rings is 1. The average Bonchev–Trinajstić information content (AvgIpc) is 2.91. The van der Waals surface area contributed by atoms with E-state index in [-0.39, 0.29) is 23.8 Å². The minimum Gasteiger partial charge on any atom is -0.369 e. The maximum Gasteiger partial charge on any atom is 0.227 e. The molecule has 2 N–H and O–H groups in total. The molecule has 7 heteroatoms. The van der Waals surface area contributed by atoms with E-state index in [0.29, 0.717) is 11.3 Å². The van der Waals surface area contributed by atoms with Crippen LogP contribution in [-0.4, -0.2) is 26.8 Å². The van der Waals surface area contributed by atoms with Crippen molar-refractivity contribution in [2.24, 2.45) is 11.7 Å². The topological polar surface area (TPSA) is 97.5 Å². The van der Waals surface area contributed by atoms with Gasteiger partial charge in [-0.1, -0.05) is 6.07 Å².